The summed E-state index contributed by atoms with van der Waals surface area (Å²) >= 11 is 0. The summed E-state index contributed by atoms with van der Waals surface area (Å²) in [6.07, 6.45) is 0.506. The largest absolute Gasteiger partial charge is 0.376 e. The molecule has 0 radical (unpaired) electrons. The molecule has 0 aromatic heterocycles. The lowest BCUT2D eigenvalue weighted by Gasteiger charge is -2.27. The summed E-state index contributed by atoms with van der Waals surface area (Å²) < 4.78 is 23.1. The maximum Gasteiger partial charge on any atom is 0.242 e. The van der Waals surface area contributed by atoms with Gasteiger partial charge in [0.2, 0.25) is 5.91 Å². The van der Waals surface area contributed by atoms with Crippen LogP contribution in [0.15, 0.2) is 24.3 Å². The van der Waals surface area contributed by atoms with Gasteiger partial charge in [-0.1, -0.05) is 6.07 Å². The van der Waals surface area contributed by atoms with Gasteiger partial charge in [0.15, 0.2) is 9.84 Å². The van der Waals surface area contributed by atoms with Crippen molar-refractivity contribution in [1.82, 2.24) is 4.90 Å². The number of carbonyl (C=O) groups excluding carboxylic acids is 1. The minimum absolute atomic E-state index is 0.0521. The maximum absolute atomic E-state index is 12.3. The fraction of sp³-hybridized carbons (Fsp3) is 0.467. The molecule has 1 aromatic carbocycles. The first-order chi connectivity index (χ1) is 10.4. The highest BCUT2D eigenvalue weighted by molar-refractivity contribution is 7.91. The molecule has 0 saturated carbocycles. The van der Waals surface area contributed by atoms with Crippen LogP contribution in [0.4, 0.5) is 5.69 Å². The minimum Gasteiger partial charge on any atom is -0.376 e. The third-order valence-corrected chi connectivity index (χ3v) is 5.50. The van der Waals surface area contributed by atoms with Crippen LogP contribution < -0.4 is 5.32 Å². The van der Waals surface area contributed by atoms with Crippen LogP contribution in [0.3, 0.4) is 0 Å². The topological polar surface area (TPSA) is 90.3 Å². The van der Waals surface area contributed by atoms with Crippen molar-refractivity contribution in [2.75, 3.05) is 29.9 Å². The monoisotopic (exact) mass is 321 g/mol. The summed E-state index contributed by atoms with van der Waals surface area (Å²) in [4.78, 5) is 13.9. The minimum atomic E-state index is -3.01. The fourth-order valence-electron chi connectivity index (χ4n) is 2.64. The van der Waals surface area contributed by atoms with Crippen LogP contribution in [0.5, 0.6) is 0 Å². The fourth-order valence-corrected chi connectivity index (χ4v) is 4.37. The van der Waals surface area contributed by atoms with Crippen LogP contribution >= 0.6 is 0 Å². The van der Waals surface area contributed by atoms with Crippen LogP contribution in [-0.4, -0.2) is 49.9 Å². The van der Waals surface area contributed by atoms with Crippen LogP contribution in [-0.2, 0) is 14.6 Å². The first-order valence-corrected chi connectivity index (χ1v) is 9.01. The third kappa shape index (κ3) is 3.98. The summed E-state index contributed by atoms with van der Waals surface area (Å²) in [6.45, 7) is 2.41. The van der Waals surface area contributed by atoms with Crippen molar-refractivity contribution in [2.45, 2.75) is 19.4 Å². The van der Waals surface area contributed by atoms with Gasteiger partial charge in [0.05, 0.1) is 29.7 Å². The molecular weight excluding hydrogens is 302 g/mol. The number of rotatable bonds is 5. The highest BCUT2D eigenvalue weighted by atomic mass is 32.2. The zero-order chi connectivity index (χ0) is 16.2. The summed E-state index contributed by atoms with van der Waals surface area (Å²) in [6, 6.07) is 8.70. The Morgan fingerprint density at radius 3 is 2.86 bits per heavy atom. The number of nitrogens with one attached hydrogen (secondary N) is 1. The van der Waals surface area contributed by atoms with E-state index in [-0.39, 0.29) is 30.0 Å². The molecule has 1 unspecified atom stereocenters. The van der Waals surface area contributed by atoms with Gasteiger partial charge in [-0.2, -0.15) is 5.26 Å². The second-order valence-electron chi connectivity index (χ2n) is 5.28. The molecule has 118 valence electrons. The lowest BCUT2D eigenvalue weighted by atomic mass is 10.2. The highest BCUT2D eigenvalue weighted by Crippen LogP contribution is 2.18. The van der Waals surface area contributed by atoms with Crippen LogP contribution in [0.2, 0.25) is 0 Å². The molecule has 1 atom stereocenters. The molecule has 1 N–H and O–H groups in total. The van der Waals surface area contributed by atoms with Crippen LogP contribution in [0.1, 0.15) is 18.9 Å². The van der Waals surface area contributed by atoms with Gasteiger partial charge in [-0.05, 0) is 31.5 Å². The number of anilines is 1. The normalized spacial score (nSPS) is 19.4. The second kappa shape index (κ2) is 6.79. The lowest BCUT2D eigenvalue weighted by molar-refractivity contribution is -0.130. The van der Waals surface area contributed by atoms with Gasteiger partial charge in [0, 0.05) is 18.3 Å². The Morgan fingerprint density at radius 2 is 2.27 bits per heavy atom. The molecule has 6 nitrogen and oxygen atoms in total. The number of hydrogen-bond donors (Lipinski definition) is 1. The van der Waals surface area contributed by atoms with Crippen molar-refractivity contribution in [3.05, 3.63) is 29.8 Å². The average molecular weight is 321 g/mol. The molecule has 1 fully saturated rings. The van der Waals surface area contributed by atoms with E-state index in [0.717, 1.165) is 0 Å². The molecule has 22 heavy (non-hydrogen) atoms. The Balaban J connectivity index is 1.97. The summed E-state index contributed by atoms with van der Waals surface area (Å²) in [5, 5.41) is 11.8. The number of sulfone groups is 1. The lowest BCUT2D eigenvalue weighted by Crippen LogP contribution is -2.43. The number of benzene rings is 1. The Labute approximate surface area is 130 Å². The molecule has 1 aromatic rings. The molecule has 0 bridgehead atoms. The van der Waals surface area contributed by atoms with Crippen molar-refractivity contribution >= 4 is 21.4 Å². The quantitative estimate of drug-likeness (QED) is 0.874. The number of nitriles is 1. The summed E-state index contributed by atoms with van der Waals surface area (Å²) in [7, 11) is -3.01. The summed E-state index contributed by atoms with van der Waals surface area (Å²) in [5.41, 5.74) is 1.22. The van der Waals surface area contributed by atoms with Crippen molar-refractivity contribution in [1.29, 1.82) is 5.26 Å². The van der Waals surface area contributed by atoms with E-state index >= 15 is 0 Å². The van der Waals surface area contributed by atoms with E-state index in [2.05, 4.69) is 5.32 Å². The van der Waals surface area contributed by atoms with E-state index < -0.39 is 9.84 Å². The van der Waals surface area contributed by atoms with Crippen LogP contribution in [0, 0.1) is 11.3 Å². The Hall–Kier alpha value is -2.07. The smallest absolute Gasteiger partial charge is 0.242 e. The third-order valence-electron chi connectivity index (χ3n) is 3.75. The highest BCUT2D eigenvalue weighted by Gasteiger charge is 2.33. The molecule has 2 rings (SSSR count). The van der Waals surface area contributed by atoms with Gasteiger partial charge < -0.3 is 10.2 Å². The SMILES string of the molecule is CCN(C(=O)CNc1cccc(C#N)c1)C1CCS(=O)(=O)C1. The first kappa shape index (κ1) is 16.3. The molecule has 7 heteroatoms. The van der Waals surface area contributed by atoms with E-state index in [1.807, 2.05) is 13.0 Å². The molecule has 0 spiro atoms. The Morgan fingerprint density at radius 1 is 1.50 bits per heavy atom. The molecular formula is C15H19N3O3S. The van der Waals surface area contributed by atoms with Crippen molar-refractivity contribution in [3.8, 4) is 6.07 Å². The molecule has 1 aliphatic rings. The predicted octanol–water partition coefficient (Wildman–Crippen LogP) is 1.01. The molecule has 1 aliphatic heterocycles. The van der Waals surface area contributed by atoms with Crippen LogP contribution in [0.25, 0.3) is 0 Å². The zero-order valence-electron chi connectivity index (χ0n) is 12.4. The van der Waals surface area contributed by atoms with E-state index in [4.69, 9.17) is 5.26 Å². The number of hydrogen-bond acceptors (Lipinski definition) is 5. The first-order valence-electron chi connectivity index (χ1n) is 7.19. The second-order valence-corrected chi connectivity index (χ2v) is 7.51. The van der Waals surface area contributed by atoms with Crippen molar-refractivity contribution < 1.29 is 13.2 Å². The zero-order valence-corrected chi connectivity index (χ0v) is 13.3. The molecule has 0 aliphatic carbocycles. The molecule has 1 amide bonds. The molecule has 1 heterocycles. The average Bonchev–Trinajstić information content (AvgIpc) is 2.86. The van der Waals surface area contributed by atoms with Gasteiger partial charge in [0.1, 0.15) is 0 Å². The van der Waals surface area contributed by atoms with Gasteiger partial charge in [0.25, 0.3) is 0 Å². The number of amides is 1. The summed E-state index contributed by atoms with van der Waals surface area (Å²) in [5.74, 6) is 0.0715. The van der Waals surface area contributed by atoms with E-state index in [1.165, 1.54) is 0 Å². The number of carbonyl (C=O) groups is 1. The Bertz CT molecular complexity index is 694. The standard InChI is InChI=1S/C15H19N3O3S/c1-2-18(14-6-7-22(20,21)11-14)15(19)10-17-13-5-3-4-12(8-13)9-16/h3-5,8,14,17H,2,6-7,10-11H2,1H3. The number of likely N-dealkylation sites (N-methyl/N-ethyl adjacent to an activating group) is 1. The maximum atomic E-state index is 12.3. The van der Waals surface area contributed by atoms with E-state index in [0.29, 0.717) is 24.2 Å². The van der Waals surface area contributed by atoms with E-state index in [9.17, 15) is 13.2 Å². The predicted molar refractivity (Wildman–Crippen MR) is 84.1 cm³/mol. The van der Waals surface area contributed by atoms with Crippen molar-refractivity contribution in [2.24, 2.45) is 0 Å². The number of nitrogens with zero attached hydrogens (tertiary/aromatic N) is 2. The molecule has 1 saturated heterocycles. The van der Waals surface area contributed by atoms with Gasteiger partial charge in [-0.3, -0.25) is 4.79 Å². The Kier molecular flexibility index (Phi) is 5.03. The van der Waals surface area contributed by atoms with Gasteiger partial charge >= 0.3 is 0 Å². The van der Waals surface area contributed by atoms with Gasteiger partial charge in [-0.25, -0.2) is 8.42 Å². The van der Waals surface area contributed by atoms with Crippen molar-refractivity contribution in [3.63, 3.8) is 0 Å². The van der Waals surface area contributed by atoms with Gasteiger partial charge in [-0.15, -0.1) is 0 Å². The van der Waals surface area contributed by atoms with E-state index in [1.54, 1.807) is 29.2 Å².